The van der Waals surface area contributed by atoms with Gasteiger partial charge in [0.2, 0.25) is 0 Å². The molecule has 0 fully saturated rings. The Morgan fingerprint density at radius 3 is 2.53 bits per heavy atom. The number of rotatable bonds is 5. The van der Waals surface area contributed by atoms with E-state index in [1.165, 1.54) is 5.56 Å². The average molecular weight is 227 g/mol. The van der Waals surface area contributed by atoms with Gasteiger partial charge in [0, 0.05) is 12.2 Å². The lowest BCUT2D eigenvalue weighted by Gasteiger charge is -2.06. The maximum atomic E-state index is 9.33. The molecular weight excluding hydrogens is 210 g/mol. The molecule has 2 rings (SSSR count). The third-order valence-corrected chi connectivity index (χ3v) is 2.66. The summed E-state index contributed by atoms with van der Waals surface area (Å²) in [7, 11) is 0. The zero-order valence-corrected chi connectivity index (χ0v) is 9.76. The summed E-state index contributed by atoms with van der Waals surface area (Å²) < 4.78 is 0. The number of nitrogens with one attached hydrogen (secondary N) is 1. The highest BCUT2D eigenvalue weighted by atomic mass is 16.3. The van der Waals surface area contributed by atoms with Gasteiger partial charge in [0.25, 0.3) is 0 Å². The Morgan fingerprint density at radius 1 is 0.941 bits per heavy atom. The van der Waals surface area contributed by atoms with Gasteiger partial charge >= 0.3 is 0 Å². The number of para-hydroxylation sites is 1. The van der Waals surface area contributed by atoms with Gasteiger partial charge in [-0.15, -0.1) is 0 Å². The summed E-state index contributed by atoms with van der Waals surface area (Å²) in [5.74, 6) is 0.346. The Labute approximate surface area is 102 Å². The summed E-state index contributed by atoms with van der Waals surface area (Å²) in [6, 6.07) is 17.6. The first-order chi connectivity index (χ1) is 8.34. The summed E-state index contributed by atoms with van der Waals surface area (Å²) in [5.41, 5.74) is 2.34. The second kappa shape index (κ2) is 5.94. The molecule has 0 unspecified atom stereocenters. The highest BCUT2D eigenvalue weighted by molar-refractivity contribution is 5.42. The number of hydrogen-bond donors (Lipinski definition) is 2. The molecule has 0 amide bonds. The van der Waals surface area contributed by atoms with Gasteiger partial charge in [-0.1, -0.05) is 30.3 Å². The topological polar surface area (TPSA) is 32.3 Å². The van der Waals surface area contributed by atoms with Crippen molar-refractivity contribution in [3.05, 3.63) is 60.2 Å². The van der Waals surface area contributed by atoms with Crippen LogP contribution in [0.2, 0.25) is 0 Å². The van der Waals surface area contributed by atoms with Gasteiger partial charge in [-0.2, -0.15) is 0 Å². The molecule has 0 aromatic heterocycles. The molecule has 88 valence electrons. The fraction of sp³-hybridized carbons (Fsp3) is 0.200. The van der Waals surface area contributed by atoms with Crippen LogP contribution in [0.3, 0.4) is 0 Å². The largest absolute Gasteiger partial charge is 0.508 e. The first-order valence-corrected chi connectivity index (χ1v) is 5.91. The number of aryl methyl sites for hydroxylation is 1. The Bertz CT molecular complexity index is 453. The summed E-state index contributed by atoms with van der Waals surface area (Å²) in [6.45, 7) is 0.944. The van der Waals surface area contributed by atoms with Crippen molar-refractivity contribution in [2.24, 2.45) is 0 Å². The number of phenolic OH excluding ortho intramolecular Hbond substituents is 1. The molecule has 2 nitrogen and oxygen atoms in total. The van der Waals surface area contributed by atoms with Gasteiger partial charge in [-0.25, -0.2) is 0 Å². The van der Waals surface area contributed by atoms with Crippen molar-refractivity contribution < 1.29 is 5.11 Å². The maximum absolute atomic E-state index is 9.33. The predicted molar refractivity (Wildman–Crippen MR) is 71.4 cm³/mol. The van der Waals surface area contributed by atoms with E-state index in [0.29, 0.717) is 5.75 Å². The van der Waals surface area contributed by atoms with Crippen molar-refractivity contribution in [1.82, 2.24) is 0 Å². The van der Waals surface area contributed by atoms with Crippen LogP contribution in [0.5, 0.6) is 5.75 Å². The lowest BCUT2D eigenvalue weighted by molar-refractivity contribution is 0.474. The molecular formula is C15H17NO. The van der Waals surface area contributed by atoms with Crippen LogP contribution in [0.15, 0.2) is 54.6 Å². The van der Waals surface area contributed by atoms with Crippen LogP contribution < -0.4 is 5.32 Å². The predicted octanol–water partition coefficient (Wildman–Crippen LogP) is 3.44. The Balaban J connectivity index is 1.73. The van der Waals surface area contributed by atoms with E-state index in [4.69, 9.17) is 0 Å². The van der Waals surface area contributed by atoms with E-state index in [-0.39, 0.29) is 0 Å². The molecule has 0 saturated heterocycles. The second-order valence-electron chi connectivity index (χ2n) is 4.07. The second-order valence-corrected chi connectivity index (χ2v) is 4.07. The minimum Gasteiger partial charge on any atom is -0.508 e. The number of hydrogen-bond acceptors (Lipinski definition) is 2. The van der Waals surface area contributed by atoms with Crippen LogP contribution in [0, 0.1) is 0 Å². The van der Waals surface area contributed by atoms with E-state index in [0.717, 1.165) is 25.1 Å². The lowest BCUT2D eigenvalue weighted by atomic mass is 10.1. The highest BCUT2D eigenvalue weighted by Crippen LogP contribution is 2.12. The Hall–Kier alpha value is -1.96. The van der Waals surface area contributed by atoms with Gasteiger partial charge in [-0.05, 0) is 42.7 Å². The molecule has 17 heavy (non-hydrogen) atoms. The lowest BCUT2D eigenvalue weighted by Crippen LogP contribution is -2.02. The molecule has 0 spiro atoms. The number of phenols is 1. The van der Waals surface area contributed by atoms with E-state index < -0.39 is 0 Å². The number of anilines is 1. The van der Waals surface area contributed by atoms with Gasteiger partial charge in [0.05, 0.1) is 0 Å². The van der Waals surface area contributed by atoms with Crippen molar-refractivity contribution in [3.63, 3.8) is 0 Å². The van der Waals surface area contributed by atoms with E-state index in [2.05, 4.69) is 17.4 Å². The highest BCUT2D eigenvalue weighted by Gasteiger charge is 1.95. The minimum atomic E-state index is 0.346. The van der Waals surface area contributed by atoms with Crippen LogP contribution >= 0.6 is 0 Å². The van der Waals surface area contributed by atoms with Crippen molar-refractivity contribution in [2.45, 2.75) is 12.8 Å². The third kappa shape index (κ3) is 3.83. The zero-order valence-electron chi connectivity index (χ0n) is 9.76. The average Bonchev–Trinajstić information content (AvgIpc) is 2.36. The van der Waals surface area contributed by atoms with Gasteiger partial charge in [0.15, 0.2) is 0 Å². The normalized spacial score (nSPS) is 10.1. The van der Waals surface area contributed by atoms with Crippen molar-refractivity contribution in [1.29, 1.82) is 0 Å². The molecule has 0 aliphatic carbocycles. The zero-order chi connectivity index (χ0) is 11.9. The Morgan fingerprint density at radius 2 is 1.76 bits per heavy atom. The first-order valence-electron chi connectivity index (χ1n) is 5.91. The molecule has 0 atom stereocenters. The molecule has 0 aliphatic rings. The van der Waals surface area contributed by atoms with Crippen LogP contribution in [-0.4, -0.2) is 11.7 Å². The molecule has 0 bridgehead atoms. The fourth-order valence-electron chi connectivity index (χ4n) is 1.79. The van der Waals surface area contributed by atoms with Crippen LogP contribution in [0.4, 0.5) is 5.69 Å². The molecule has 2 N–H and O–H groups in total. The van der Waals surface area contributed by atoms with Crippen LogP contribution in [-0.2, 0) is 6.42 Å². The van der Waals surface area contributed by atoms with E-state index in [1.807, 2.05) is 36.4 Å². The summed E-state index contributed by atoms with van der Waals surface area (Å²) in [6.07, 6.45) is 2.03. The van der Waals surface area contributed by atoms with Gasteiger partial charge in [-0.3, -0.25) is 0 Å². The summed E-state index contributed by atoms with van der Waals surface area (Å²) >= 11 is 0. The van der Waals surface area contributed by atoms with E-state index in [1.54, 1.807) is 6.07 Å². The summed E-state index contributed by atoms with van der Waals surface area (Å²) in [5, 5.41) is 12.7. The molecule has 2 heteroatoms. The van der Waals surface area contributed by atoms with Gasteiger partial charge in [0.1, 0.15) is 5.75 Å². The van der Waals surface area contributed by atoms with E-state index >= 15 is 0 Å². The van der Waals surface area contributed by atoms with Crippen molar-refractivity contribution in [3.8, 4) is 5.75 Å². The molecule has 0 saturated carbocycles. The minimum absolute atomic E-state index is 0.346. The molecule has 2 aromatic carbocycles. The van der Waals surface area contributed by atoms with Gasteiger partial charge < -0.3 is 10.4 Å². The standard InChI is InChI=1S/C15H17NO/c17-15-10-4-6-13(12-15)7-5-11-16-14-8-2-1-3-9-14/h1-4,6,8-10,12,16-17H,5,7,11H2. The number of aromatic hydroxyl groups is 1. The summed E-state index contributed by atoms with van der Waals surface area (Å²) in [4.78, 5) is 0. The maximum Gasteiger partial charge on any atom is 0.115 e. The molecule has 0 radical (unpaired) electrons. The number of benzene rings is 2. The fourth-order valence-corrected chi connectivity index (χ4v) is 1.79. The first kappa shape index (κ1) is 11.5. The van der Waals surface area contributed by atoms with E-state index in [9.17, 15) is 5.11 Å². The SMILES string of the molecule is Oc1cccc(CCCNc2ccccc2)c1. The Kier molecular flexibility index (Phi) is 4.03. The third-order valence-electron chi connectivity index (χ3n) is 2.66. The smallest absolute Gasteiger partial charge is 0.115 e. The van der Waals surface area contributed by atoms with Crippen molar-refractivity contribution >= 4 is 5.69 Å². The van der Waals surface area contributed by atoms with Crippen molar-refractivity contribution in [2.75, 3.05) is 11.9 Å². The molecule has 0 aliphatic heterocycles. The monoisotopic (exact) mass is 227 g/mol. The molecule has 2 aromatic rings. The quantitative estimate of drug-likeness (QED) is 0.767. The van der Waals surface area contributed by atoms with Crippen LogP contribution in [0.1, 0.15) is 12.0 Å². The molecule has 0 heterocycles. The van der Waals surface area contributed by atoms with Crippen LogP contribution in [0.25, 0.3) is 0 Å².